The number of aliphatic hydroxyl groups is 1. The first kappa shape index (κ1) is 18.8. The average Bonchev–Trinajstić information content (AvgIpc) is 2.63. The van der Waals surface area contributed by atoms with Crippen LogP contribution in [-0.4, -0.2) is 34.0 Å². The number of nitrogens with two attached hydrogens (primary N) is 1. The quantitative estimate of drug-likeness (QED) is 0.596. The summed E-state index contributed by atoms with van der Waals surface area (Å²) in [6.07, 6.45) is 0. The van der Waals surface area contributed by atoms with Gasteiger partial charge in [0.15, 0.2) is 5.43 Å². The van der Waals surface area contributed by atoms with E-state index in [1.807, 2.05) is 12.1 Å². The number of hydrogen-bond donors (Lipinski definition) is 3. The van der Waals surface area contributed by atoms with Crippen LogP contribution in [0.1, 0.15) is 27.2 Å². The summed E-state index contributed by atoms with van der Waals surface area (Å²) in [6.45, 7) is 3.76. The molecule has 1 aromatic heterocycles. The maximum absolute atomic E-state index is 12.5. The van der Waals surface area contributed by atoms with Crippen molar-refractivity contribution < 1.29 is 9.90 Å². The van der Waals surface area contributed by atoms with Crippen LogP contribution in [0, 0.1) is 6.92 Å². The lowest BCUT2D eigenvalue weighted by Gasteiger charge is -2.22. The van der Waals surface area contributed by atoms with Gasteiger partial charge in [-0.25, -0.2) is 0 Å². The molecule has 3 aromatic rings. The zero-order chi connectivity index (χ0) is 19.4. The van der Waals surface area contributed by atoms with Crippen molar-refractivity contribution in [1.82, 2.24) is 9.88 Å². The number of H-pyrrole nitrogens is 1. The highest BCUT2D eigenvalue weighted by atomic mass is 16.3. The van der Waals surface area contributed by atoms with E-state index in [0.717, 1.165) is 5.69 Å². The Labute approximate surface area is 157 Å². The van der Waals surface area contributed by atoms with Crippen molar-refractivity contribution in [2.45, 2.75) is 20.0 Å². The molecule has 6 heteroatoms. The average molecular weight is 365 g/mol. The van der Waals surface area contributed by atoms with Gasteiger partial charge in [0.25, 0.3) is 0 Å². The Balaban J connectivity index is 1.88. The SMILES string of the molecule is Cc1ccccc1CN(CCO)Cc1cc(=O)c2cc(C(N)=O)ccc2[nH]1. The highest BCUT2D eigenvalue weighted by molar-refractivity contribution is 5.96. The van der Waals surface area contributed by atoms with Gasteiger partial charge in [0.1, 0.15) is 0 Å². The molecular weight excluding hydrogens is 342 g/mol. The summed E-state index contributed by atoms with van der Waals surface area (Å²) in [5, 5.41) is 9.85. The smallest absolute Gasteiger partial charge is 0.248 e. The summed E-state index contributed by atoms with van der Waals surface area (Å²) in [7, 11) is 0. The van der Waals surface area contributed by atoms with Gasteiger partial charge in [0.2, 0.25) is 5.91 Å². The van der Waals surface area contributed by atoms with Gasteiger partial charge in [-0.2, -0.15) is 0 Å². The molecule has 0 atom stereocenters. The van der Waals surface area contributed by atoms with Gasteiger partial charge in [-0.1, -0.05) is 24.3 Å². The number of aryl methyl sites for hydroxylation is 1. The van der Waals surface area contributed by atoms with Crippen LogP contribution in [0.25, 0.3) is 10.9 Å². The number of fused-ring (bicyclic) bond motifs is 1. The molecule has 1 amide bonds. The normalized spacial score (nSPS) is 11.2. The van der Waals surface area contributed by atoms with Crippen LogP contribution >= 0.6 is 0 Å². The van der Waals surface area contributed by atoms with Crippen molar-refractivity contribution in [2.24, 2.45) is 5.73 Å². The van der Waals surface area contributed by atoms with Crippen molar-refractivity contribution in [3.05, 3.63) is 81.1 Å². The number of nitrogens with one attached hydrogen (secondary N) is 1. The molecule has 140 valence electrons. The second kappa shape index (κ2) is 8.16. The summed E-state index contributed by atoms with van der Waals surface area (Å²) in [5.74, 6) is -0.562. The Morgan fingerprint density at radius 3 is 2.63 bits per heavy atom. The van der Waals surface area contributed by atoms with Crippen molar-refractivity contribution >= 4 is 16.8 Å². The molecule has 3 rings (SSSR count). The maximum Gasteiger partial charge on any atom is 0.248 e. The maximum atomic E-state index is 12.5. The second-order valence-corrected chi connectivity index (χ2v) is 6.64. The molecular formula is C21H23N3O3. The van der Waals surface area contributed by atoms with Crippen molar-refractivity contribution in [2.75, 3.05) is 13.2 Å². The highest BCUT2D eigenvalue weighted by Gasteiger charge is 2.11. The Hall–Kier alpha value is -2.96. The van der Waals surface area contributed by atoms with Gasteiger partial charge in [-0.05, 0) is 36.2 Å². The lowest BCUT2D eigenvalue weighted by molar-refractivity contribution is 0.100. The molecule has 0 aliphatic carbocycles. The van der Waals surface area contributed by atoms with E-state index in [1.54, 1.807) is 12.1 Å². The largest absolute Gasteiger partial charge is 0.395 e. The minimum absolute atomic E-state index is 0.0334. The van der Waals surface area contributed by atoms with Crippen LogP contribution < -0.4 is 11.2 Å². The molecule has 0 bridgehead atoms. The number of aromatic amines is 1. The van der Waals surface area contributed by atoms with E-state index in [-0.39, 0.29) is 12.0 Å². The second-order valence-electron chi connectivity index (χ2n) is 6.64. The van der Waals surface area contributed by atoms with Crippen molar-refractivity contribution in [3.63, 3.8) is 0 Å². The zero-order valence-corrected chi connectivity index (χ0v) is 15.2. The number of nitrogens with zero attached hydrogens (tertiary/aromatic N) is 1. The molecule has 2 aromatic carbocycles. The molecule has 0 fully saturated rings. The minimum Gasteiger partial charge on any atom is -0.395 e. The molecule has 0 saturated heterocycles. The third-order valence-electron chi connectivity index (χ3n) is 4.64. The predicted molar refractivity (Wildman–Crippen MR) is 105 cm³/mol. The van der Waals surface area contributed by atoms with E-state index in [1.165, 1.54) is 23.3 Å². The first-order valence-electron chi connectivity index (χ1n) is 8.81. The monoisotopic (exact) mass is 365 g/mol. The van der Waals surface area contributed by atoms with Gasteiger partial charge in [0.05, 0.1) is 6.61 Å². The number of benzene rings is 2. The van der Waals surface area contributed by atoms with E-state index < -0.39 is 5.91 Å². The molecule has 0 aliphatic rings. The number of primary amides is 1. The number of pyridine rings is 1. The molecule has 1 heterocycles. The Kier molecular flexibility index (Phi) is 5.69. The van der Waals surface area contributed by atoms with Gasteiger partial charge >= 0.3 is 0 Å². The summed E-state index contributed by atoms with van der Waals surface area (Å²) in [4.78, 5) is 29.1. The zero-order valence-electron chi connectivity index (χ0n) is 15.2. The first-order valence-corrected chi connectivity index (χ1v) is 8.81. The van der Waals surface area contributed by atoms with E-state index in [4.69, 9.17) is 5.73 Å². The predicted octanol–water partition coefficient (Wildman–Crippen LogP) is 1.93. The van der Waals surface area contributed by atoms with E-state index in [0.29, 0.717) is 36.1 Å². The fourth-order valence-electron chi connectivity index (χ4n) is 3.17. The third-order valence-corrected chi connectivity index (χ3v) is 4.64. The van der Waals surface area contributed by atoms with Gasteiger partial charge < -0.3 is 15.8 Å². The van der Waals surface area contributed by atoms with Crippen LogP contribution in [0.2, 0.25) is 0 Å². The molecule has 27 heavy (non-hydrogen) atoms. The number of hydrogen-bond acceptors (Lipinski definition) is 4. The molecule has 0 radical (unpaired) electrons. The molecule has 4 N–H and O–H groups in total. The van der Waals surface area contributed by atoms with Gasteiger partial charge in [-0.3, -0.25) is 14.5 Å². The standard InChI is InChI=1S/C21H23N3O3/c1-14-4-2-3-5-16(14)12-24(8-9-25)13-17-11-20(26)18-10-15(21(22)27)6-7-19(18)23-17/h2-7,10-11,25H,8-9,12-13H2,1H3,(H2,22,27)(H,23,26). The number of carbonyl (C=O) groups is 1. The van der Waals surface area contributed by atoms with Crippen molar-refractivity contribution in [3.8, 4) is 0 Å². The number of amides is 1. The Morgan fingerprint density at radius 2 is 1.93 bits per heavy atom. The van der Waals surface area contributed by atoms with E-state index in [9.17, 15) is 14.7 Å². The number of carbonyl (C=O) groups excluding carboxylic acids is 1. The van der Waals surface area contributed by atoms with Crippen LogP contribution in [-0.2, 0) is 13.1 Å². The molecule has 0 spiro atoms. The van der Waals surface area contributed by atoms with Crippen LogP contribution in [0.15, 0.2) is 53.3 Å². The fraction of sp³-hybridized carbons (Fsp3) is 0.238. The van der Waals surface area contributed by atoms with E-state index in [2.05, 4.69) is 28.9 Å². The van der Waals surface area contributed by atoms with Crippen LogP contribution in [0.4, 0.5) is 0 Å². The Bertz CT molecular complexity index is 1030. The molecule has 0 saturated carbocycles. The van der Waals surface area contributed by atoms with Crippen LogP contribution in [0.5, 0.6) is 0 Å². The number of aromatic nitrogens is 1. The summed E-state index contributed by atoms with van der Waals surface area (Å²) in [6, 6.07) is 14.5. The fourth-order valence-corrected chi connectivity index (χ4v) is 3.17. The number of aliphatic hydroxyl groups excluding tert-OH is 1. The van der Waals surface area contributed by atoms with Gasteiger partial charge in [-0.15, -0.1) is 0 Å². The van der Waals surface area contributed by atoms with E-state index >= 15 is 0 Å². The lowest BCUT2D eigenvalue weighted by atomic mass is 10.1. The topological polar surface area (TPSA) is 99.4 Å². The Morgan fingerprint density at radius 1 is 1.15 bits per heavy atom. The summed E-state index contributed by atoms with van der Waals surface area (Å²) in [5.41, 5.74) is 9.20. The summed E-state index contributed by atoms with van der Waals surface area (Å²) < 4.78 is 0. The van der Waals surface area contributed by atoms with Crippen molar-refractivity contribution in [1.29, 1.82) is 0 Å². The minimum atomic E-state index is -0.562. The van der Waals surface area contributed by atoms with Gasteiger partial charge in [0, 0.05) is 47.9 Å². The number of rotatable bonds is 7. The highest BCUT2D eigenvalue weighted by Crippen LogP contribution is 2.15. The molecule has 0 aliphatic heterocycles. The lowest BCUT2D eigenvalue weighted by Crippen LogP contribution is -2.27. The molecule has 6 nitrogen and oxygen atoms in total. The molecule has 0 unspecified atom stereocenters. The summed E-state index contributed by atoms with van der Waals surface area (Å²) >= 11 is 0. The first-order chi connectivity index (χ1) is 13.0. The van der Waals surface area contributed by atoms with Crippen LogP contribution in [0.3, 0.4) is 0 Å². The third kappa shape index (κ3) is 4.42.